The third kappa shape index (κ3) is 7.02. The van der Waals surface area contributed by atoms with Crippen LogP contribution in [-0.4, -0.2) is 48.3 Å². The summed E-state index contributed by atoms with van der Waals surface area (Å²) >= 11 is 0. The van der Waals surface area contributed by atoms with Gasteiger partial charge in [0.05, 0.1) is 5.56 Å². The fourth-order valence-corrected chi connectivity index (χ4v) is 2.80. The highest BCUT2D eigenvalue weighted by Gasteiger charge is 2.27. The fourth-order valence-electron chi connectivity index (χ4n) is 2.80. The number of nitrogens with one attached hydrogen (secondary N) is 2. The van der Waals surface area contributed by atoms with Crippen molar-refractivity contribution in [2.24, 2.45) is 5.92 Å². The molecule has 1 aliphatic carbocycles. The van der Waals surface area contributed by atoms with Crippen molar-refractivity contribution in [1.29, 1.82) is 0 Å². The molecule has 0 atom stereocenters. The summed E-state index contributed by atoms with van der Waals surface area (Å²) in [5.41, 5.74) is 0.823. The van der Waals surface area contributed by atoms with Crippen LogP contribution in [0.2, 0.25) is 0 Å². The van der Waals surface area contributed by atoms with Gasteiger partial charge in [0.15, 0.2) is 6.61 Å². The smallest absolute Gasteiger partial charge is 0.338 e. The van der Waals surface area contributed by atoms with Crippen LogP contribution in [0.5, 0.6) is 0 Å². The first kappa shape index (κ1) is 21.4. The van der Waals surface area contributed by atoms with E-state index in [4.69, 9.17) is 4.74 Å². The Morgan fingerprint density at radius 2 is 1.61 bits per heavy atom. The Morgan fingerprint density at radius 3 is 2.07 bits per heavy atom. The van der Waals surface area contributed by atoms with E-state index < -0.39 is 5.97 Å². The molecule has 1 aromatic rings. The molecule has 2 N–H and O–H groups in total. The van der Waals surface area contributed by atoms with E-state index in [0.29, 0.717) is 30.4 Å². The van der Waals surface area contributed by atoms with Crippen LogP contribution >= 0.6 is 0 Å². The normalized spacial score (nSPS) is 12.8. The summed E-state index contributed by atoms with van der Waals surface area (Å²) in [4.78, 5) is 49.2. The summed E-state index contributed by atoms with van der Waals surface area (Å²) < 4.78 is 5.18. The average Bonchev–Trinajstić information content (AvgIpc) is 3.41. The van der Waals surface area contributed by atoms with E-state index in [-0.39, 0.29) is 29.9 Å². The maximum Gasteiger partial charge on any atom is 0.338 e. The summed E-state index contributed by atoms with van der Waals surface area (Å²) in [5.74, 6) is -0.993. The number of carbonyl (C=O) groups is 4. The Labute approximate surface area is 164 Å². The van der Waals surface area contributed by atoms with Gasteiger partial charge < -0.3 is 20.3 Å². The first-order valence-electron chi connectivity index (χ1n) is 9.43. The third-order valence-electron chi connectivity index (χ3n) is 4.16. The quantitative estimate of drug-likeness (QED) is 0.631. The second-order valence-electron chi connectivity index (χ2n) is 7.02. The Kier molecular flexibility index (Phi) is 7.54. The van der Waals surface area contributed by atoms with Gasteiger partial charge in [-0.15, -0.1) is 0 Å². The number of benzene rings is 1. The SMILES string of the molecule is CCCN(CC1CC1)C(=O)COC(=O)c1cc(NC(C)=O)cc(NC(C)=O)c1. The lowest BCUT2D eigenvalue weighted by molar-refractivity contribution is -0.134. The standard InChI is InChI=1S/C20H27N3O5/c1-4-7-23(11-15-5-6-15)19(26)12-28-20(27)16-8-17(21-13(2)24)10-18(9-16)22-14(3)25/h8-10,15H,4-7,11-12H2,1-3H3,(H,21,24)(H,22,25). The number of esters is 1. The molecule has 1 fully saturated rings. The first-order valence-corrected chi connectivity index (χ1v) is 9.43. The minimum absolute atomic E-state index is 0.132. The number of hydrogen-bond donors (Lipinski definition) is 2. The zero-order valence-electron chi connectivity index (χ0n) is 16.5. The number of carbonyl (C=O) groups excluding carboxylic acids is 4. The Bertz CT molecular complexity index is 724. The van der Waals surface area contributed by atoms with Crippen molar-refractivity contribution in [2.45, 2.75) is 40.0 Å². The predicted octanol–water partition coefficient (Wildman–Crippen LogP) is 2.41. The number of rotatable bonds is 9. The van der Waals surface area contributed by atoms with Crippen molar-refractivity contribution in [3.8, 4) is 0 Å². The molecule has 152 valence electrons. The molecule has 0 radical (unpaired) electrons. The Hall–Kier alpha value is -2.90. The number of ether oxygens (including phenoxy) is 1. The number of amides is 3. The molecule has 0 saturated heterocycles. The van der Waals surface area contributed by atoms with Gasteiger partial charge in [-0.05, 0) is 43.4 Å². The molecule has 0 heterocycles. The van der Waals surface area contributed by atoms with Crippen molar-refractivity contribution in [2.75, 3.05) is 30.3 Å². The molecule has 0 aliphatic heterocycles. The molecular formula is C20H27N3O5. The van der Waals surface area contributed by atoms with Gasteiger partial charge in [0, 0.05) is 38.3 Å². The lowest BCUT2D eigenvalue weighted by Crippen LogP contribution is -2.36. The zero-order chi connectivity index (χ0) is 20.7. The van der Waals surface area contributed by atoms with Crippen molar-refractivity contribution in [3.63, 3.8) is 0 Å². The first-order chi connectivity index (χ1) is 13.3. The van der Waals surface area contributed by atoms with Gasteiger partial charge >= 0.3 is 5.97 Å². The van der Waals surface area contributed by atoms with Gasteiger partial charge in [-0.2, -0.15) is 0 Å². The van der Waals surface area contributed by atoms with Crippen molar-refractivity contribution < 1.29 is 23.9 Å². The largest absolute Gasteiger partial charge is 0.452 e. The molecule has 1 aromatic carbocycles. The van der Waals surface area contributed by atoms with Gasteiger partial charge in [-0.25, -0.2) is 4.79 Å². The second kappa shape index (κ2) is 9.87. The zero-order valence-corrected chi connectivity index (χ0v) is 16.5. The summed E-state index contributed by atoms with van der Waals surface area (Å²) in [7, 11) is 0. The van der Waals surface area contributed by atoms with E-state index >= 15 is 0 Å². The highest BCUT2D eigenvalue weighted by Crippen LogP contribution is 2.29. The van der Waals surface area contributed by atoms with Gasteiger partial charge in [-0.1, -0.05) is 6.92 Å². The van der Waals surface area contributed by atoms with Crippen LogP contribution in [0.3, 0.4) is 0 Å². The molecule has 0 aromatic heterocycles. The lowest BCUT2D eigenvalue weighted by atomic mass is 10.1. The molecule has 8 nitrogen and oxygen atoms in total. The maximum absolute atomic E-state index is 12.4. The van der Waals surface area contributed by atoms with E-state index in [1.807, 2.05) is 6.92 Å². The Balaban J connectivity index is 2.05. The van der Waals surface area contributed by atoms with Gasteiger partial charge in [0.1, 0.15) is 0 Å². The number of hydrogen-bond acceptors (Lipinski definition) is 5. The summed E-state index contributed by atoms with van der Waals surface area (Å²) in [5, 5.41) is 5.14. The van der Waals surface area contributed by atoms with Gasteiger partial charge in [0.25, 0.3) is 5.91 Å². The fraction of sp³-hybridized carbons (Fsp3) is 0.500. The summed E-state index contributed by atoms with van der Waals surface area (Å²) in [6.07, 6.45) is 3.11. The molecule has 0 unspecified atom stereocenters. The molecule has 8 heteroatoms. The minimum atomic E-state index is -0.699. The second-order valence-corrected chi connectivity index (χ2v) is 7.02. The van der Waals surface area contributed by atoms with E-state index in [2.05, 4.69) is 10.6 Å². The molecule has 28 heavy (non-hydrogen) atoms. The molecule has 0 spiro atoms. The Morgan fingerprint density at radius 1 is 1.04 bits per heavy atom. The molecular weight excluding hydrogens is 362 g/mol. The van der Waals surface area contributed by atoms with E-state index in [9.17, 15) is 19.2 Å². The lowest BCUT2D eigenvalue weighted by Gasteiger charge is -2.21. The third-order valence-corrected chi connectivity index (χ3v) is 4.16. The molecule has 3 amide bonds. The molecule has 1 aliphatic rings. The maximum atomic E-state index is 12.4. The topological polar surface area (TPSA) is 105 Å². The average molecular weight is 389 g/mol. The van der Waals surface area contributed by atoms with Crippen LogP contribution in [0, 0.1) is 5.92 Å². The van der Waals surface area contributed by atoms with Crippen molar-refractivity contribution in [1.82, 2.24) is 4.90 Å². The summed E-state index contributed by atoms with van der Waals surface area (Å²) in [6.45, 7) is 5.67. The van der Waals surface area contributed by atoms with E-state index in [1.54, 1.807) is 4.90 Å². The monoisotopic (exact) mass is 389 g/mol. The molecule has 0 bridgehead atoms. The molecule has 1 saturated carbocycles. The predicted molar refractivity (Wildman–Crippen MR) is 105 cm³/mol. The van der Waals surface area contributed by atoms with Crippen LogP contribution in [0.1, 0.15) is 50.4 Å². The van der Waals surface area contributed by atoms with Crippen LogP contribution in [-0.2, 0) is 19.1 Å². The van der Waals surface area contributed by atoms with Crippen molar-refractivity contribution in [3.05, 3.63) is 23.8 Å². The van der Waals surface area contributed by atoms with Crippen molar-refractivity contribution >= 4 is 35.1 Å². The number of anilines is 2. The van der Waals surface area contributed by atoms with Gasteiger partial charge in [-0.3, -0.25) is 14.4 Å². The molecule has 2 rings (SSSR count). The highest BCUT2D eigenvalue weighted by atomic mass is 16.5. The summed E-state index contributed by atoms with van der Waals surface area (Å²) in [6, 6.07) is 4.41. The minimum Gasteiger partial charge on any atom is -0.452 e. The van der Waals surface area contributed by atoms with E-state index in [0.717, 1.165) is 19.3 Å². The highest BCUT2D eigenvalue weighted by molar-refractivity contribution is 5.98. The van der Waals surface area contributed by atoms with Crippen LogP contribution in [0.15, 0.2) is 18.2 Å². The van der Waals surface area contributed by atoms with Crippen LogP contribution < -0.4 is 10.6 Å². The van der Waals surface area contributed by atoms with Crippen LogP contribution in [0.25, 0.3) is 0 Å². The van der Waals surface area contributed by atoms with Crippen LogP contribution in [0.4, 0.5) is 11.4 Å². The van der Waals surface area contributed by atoms with E-state index in [1.165, 1.54) is 32.0 Å². The van der Waals surface area contributed by atoms with Gasteiger partial charge in [0.2, 0.25) is 11.8 Å². The number of nitrogens with zero attached hydrogens (tertiary/aromatic N) is 1.